The highest BCUT2D eigenvalue weighted by Crippen LogP contribution is 2.28. The van der Waals surface area contributed by atoms with Gasteiger partial charge in [0, 0.05) is 23.4 Å². The lowest BCUT2D eigenvalue weighted by Gasteiger charge is -2.23. The maximum atomic E-state index is 4.43. The van der Waals surface area contributed by atoms with E-state index in [1.165, 1.54) is 32.1 Å². The minimum Gasteiger partial charge on any atom is -0.368 e. The summed E-state index contributed by atoms with van der Waals surface area (Å²) in [6, 6.07) is 8.93. The van der Waals surface area contributed by atoms with Gasteiger partial charge in [0.2, 0.25) is 0 Å². The molecule has 0 bridgehead atoms. The number of anilines is 2. The zero-order chi connectivity index (χ0) is 14.5. The predicted octanol–water partition coefficient (Wildman–Crippen LogP) is 4.20. The Morgan fingerprint density at radius 2 is 1.67 bits per heavy atom. The highest BCUT2D eigenvalue weighted by molar-refractivity contribution is 5.98. The molecule has 1 aliphatic rings. The summed E-state index contributed by atoms with van der Waals surface area (Å²) in [7, 11) is 0. The second-order valence-corrected chi connectivity index (χ2v) is 5.85. The van der Waals surface area contributed by atoms with Crippen LogP contribution in [0.5, 0.6) is 0 Å². The number of benzene rings is 1. The molecule has 0 atom stereocenters. The molecule has 2 aromatic rings. The molecule has 0 unspecified atom stereocenters. The zero-order valence-electron chi connectivity index (χ0n) is 12.7. The lowest BCUT2D eigenvalue weighted by atomic mass is 9.95. The third kappa shape index (κ3) is 3.26. The monoisotopic (exact) mass is 284 g/mol. The number of nitrogens with zero attached hydrogens (tertiary/aromatic N) is 2. The Kier molecular flexibility index (Phi) is 4.53. The van der Waals surface area contributed by atoms with E-state index < -0.39 is 0 Å². The van der Waals surface area contributed by atoms with Crippen LogP contribution in [0.25, 0.3) is 10.8 Å². The molecule has 1 fully saturated rings. The van der Waals surface area contributed by atoms with Gasteiger partial charge in [0.1, 0.15) is 0 Å². The van der Waals surface area contributed by atoms with Gasteiger partial charge in [0.25, 0.3) is 0 Å². The predicted molar refractivity (Wildman–Crippen MR) is 88.8 cm³/mol. The van der Waals surface area contributed by atoms with Crippen LogP contribution in [0.15, 0.2) is 24.3 Å². The molecule has 3 rings (SSSR count). The van der Waals surface area contributed by atoms with E-state index in [9.17, 15) is 0 Å². The first-order valence-electron chi connectivity index (χ1n) is 8.14. The van der Waals surface area contributed by atoms with Crippen LogP contribution in [-0.4, -0.2) is 22.8 Å². The first kappa shape index (κ1) is 14.1. The zero-order valence-corrected chi connectivity index (χ0v) is 12.7. The van der Waals surface area contributed by atoms with Crippen molar-refractivity contribution in [2.45, 2.75) is 51.5 Å². The van der Waals surface area contributed by atoms with Crippen molar-refractivity contribution < 1.29 is 0 Å². The van der Waals surface area contributed by atoms with Crippen LogP contribution in [0.2, 0.25) is 0 Å². The summed E-state index contributed by atoms with van der Waals surface area (Å²) in [4.78, 5) is 0. The normalized spacial score (nSPS) is 16.0. The second-order valence-electron chi connectivity index (χ2n) is 5.85. The molecular formula is C17H24N4. The summed E-state index contributed by atoms with van der Waals surface area (Å²) >= 11 is 0. The van der Waals surface area contributed by atoms with Crippen molar-refractivity contribution in [1.29, 1.82) is 0 Å². The Balaban J connectivity index is 1.88. The average molecular weight is 284 g/mol. The molecular weight excluding hydrogens is 260 g/mol. The molecule has 0 aliphatic heterocycles. The topological polar surface area (TPSA) is 49.8 Å². The van der Waals surface area contributed by atoms with Crippen molar-refractivity contribution >= 4 is 22.4 Å². The van der Waals surface area contributed by atoms with Crippen LogP contribution in [0, 0.1) is 0 Å². The van der Waals surface area contributed by atoms with E-state index in [4.69, 9.17) is 0 Å². The van der Waals surface area contributed by atoms with E-state index in [0.29, 0.717) is 6.04 Å². The summed E-state index contributed by atoms with van der Waals surface area (Å²) in [6.45, 7) is 3.08. The number of nitrogens with one attached hydrogen (secondary N) is 2. The quantitative estimate of drug-likeness (QED) is 0.864. The van der Waals surface area contributed by atoms with Gasteiger partial charge < -0.3 is 10.6 Å². The standard InChI is InChI=1S/C17H24N4/c1-2-12-18-16-14-10-6-7-11-15(14)17(21-20-16)19-13-8-4-3-5-9-13/h6-7,10-11,13H,2-5,8-9,12H2,1H3,(H,18,20)(H,19,21). The Morgan fingerprint density at radius 1 is 1.00 bits per heavy atom. The highest BCUT2D eigenvalue weighted by Gasteiger charge is 2.16. The van der Waals surface area contributed by atoms with Gasteiger partial charge in [0.15, 0.2) is 11.6 Å². The van der Waals surface area contributed by atoms with Gasteiger partial charge in [-0.1, -0.05) is 50.5 Å². The minimum absolute atomic E-state index is 0.547. The van der Waals surface area contributed by atoms with Gasteiger partial charge in [-0.3, -0.25) is 0 Å². The van der Waals surface area contributed by atoms with E-state index in [-0.39, 0.29) is 0 Å². The molecule has 1 heterocycles. The largest absolute Gasteiger partial charge is 0.368 e. The van der Waals surface area contributed by atoms with Gasteiger partial charge in [-0.2, -0.15) is 0 Å². The molecule has 1 aliphatic carbocycles. The van der Waals surface area contributed by atoms with Crippen molar-refractivity contribution in [2.24, 2.45) is 0 Å². The number of aromatic nitrogens is 2. The molecule has 0 amide bonds. The highest BCUT2D eigenvalue weighted by atomic mass is 15.2. The van der Waals surface area contributed by atoms with E-state index >= 15 is 0 Å². The fraction of sp³-hybridized carbons (Fsp3) is 0.529. The smallest absolute Gasteiger partial charge is 0.156 e. The third-order valence-electron chi connectivity index (χ3n) is 4.18. The van der Waals surface area contributed by atoms with E-state index in [1.54, 1.807) is 0 Å². The van der Waals surface area contributed by atoms with Crippen LogP contribution in [0.3, 0.4) is 0 Å². The molecule has 1 aromatic heterocycles. The summed E-state index contributed by atoms with van der Waals surface area (Å²) in [5, 5.41) is 18.1. The fourth-order valence-corrected chi connectivity index (χ4v) is 3.02. The summed E-state index contributed by atoms with van der Waals surface area (Å²) < 4.78 is 0. The number of hydrogen-bond donors (Lipinski definition) is 2. The van der Waals surface area contributed by atoms with Crippen molar-refractivity contribution in [2.75, 3.05) is 17.2 Å². The average Bonchev–Trinajstić information content (AvgIpc) is 2.55. The van der Waals surface area contributed by atoms with Crippen LogP contribution < -0.4 is 10.6 Å². The second kappa shape index (κ2) is 6.74. The SMILES string of the molecule is CCCNc1nnc(NC2CCCCC2)c2ccccc12. The lowest BCUT2D eigenvalue weighted by molar-refractivity contribution is 0.462. The Morgan fingerprint density at radius 3 is 2.38 bits per heavy atom. The molecule has 2 N–H and O–H groups in total. The third-order valence-corrected chi connectivity index (χ3v) is 4.18. The molecule has 0 spiro atoms. The van der Waals surface area contributed by atoms with Gasteiger partial charge in [-0.15, -0.1) is 10.2 Å². The fourth-order valence-electron chi connectivity index (χ4n) is 3.02. The van der Waals surface area contributed by atoms with E-state index in [1.807, 2.05) is 0 Å². The van der Waals surface area contributed by atoms with Crippen LogP contribution in [0.1, 0.15) is 45.4 Å². The Hall–Kier alpha value is -1.84. The maximum Gasteiger partial charge on any atom is 0.156 e. The summed E-state index contributed by atoms with van der Waals surface area (Å²) in [5.41, 5.74) is 0. The van der Waals surface area contributed by atoms with Crippen molar-refractivity contribution in [3.8, 4) is 0 Å². The van der Waals surface area contributed by atoms with Gasteiger partial charge >= 0.3 is 0 Å². The maximum absolute atomic E-state index is 4.43. The molecule has 1 saturated carbocycles. The van der Waals surface area contributed by atoms with Gasteiger partial charge in [0.05, 0.1) is 0 Å². The number of hydrogen-bond acceptors (Lipinski definition) is 4. The van der Waals surface area contributed by atoms with E-state index in [2.05, 4.69) is 52.0 Å². The van der Waals surface area contributed by atoms with Gasteiger partial charge in [-0.25, -0.2) is 0 Å². The van der Waals surface area contributed by atoms with Crippen LogP contribution in [-0.2, 0) is 0 Å². The molecule has 0 saturated heterocycles. The molecule has 21 heavy (non-hydrogen) atoms. The van der Waals surface area contributed by atoms with Crippen molar-refractivity contribution in [3.05, 3.63) is 24.3 Å². The van der Waals surface area contributed by atoms with Crippen LogP contribution >= 0.6 is 0 Å². The lowest BCUT2D eigenvalue weighted by Crippen LogP contribution is -2.23. The van der Waals surface area contributed by atoms with Crippen molar-refractivity contribution in [1.82, 2.24) is 10.2 Å². The van der Waals surface area contributed by atoms with Crippen LogP contribution in [0.4, 0.5) is 11.6 Å². The molecule has 0 radical (unpaired) electrons. The molecule has 1 aromatic carbocycles. The molecule has 112 valence electrons. The summed E-state index contributed by atoms with van der Waals surface area (Å²) in [6.07, 6.45) is 7.57. The van der Waals surface area contributed by atoms with Gasteiger partial charge in [-0.05, 0) is 19.3 Å². The van der Waals surface area contributed by atoms with Crippen molar-refractivity contribution in [3.63, 3.8) is 0 Å². The minimum atomic E-state index is 0.547. The molecule has 4 nitrogen and oxygen atoms in total. The Bertz CT molecular complexity index is 590. The Labute approximate surface area is 126 Å². The first-order valence-corrected chi connectivity index (χ1v) is 8.14. The first-order chi connectivity index (χ1) is 10.4. The molecule has 4 heteroatoms. The summed E-state index contributed by atoms with van der Waals surface area (Å²) in [5.74, 6) is 1.82. The van der Waals surface area contributed by atoms with E-state index in [0.717, 1.165) is 35.4 Å². The number of rotatable bonds is 5. The number of fused-ring (bicyclic) bond motifs is 1.